The summed E-state index contributed by atoms with van der Waals surface area (Å²) in [5.74, 6) is -0.360. The molecule has 1 aromatic heterocycles. The predicted octanol–water partition coefficient (Wildman–Crippen LogP) is 2.58. The van der Waals surface area contributed by atoms with Crippen LogP contribution in [0.5, 0.6) is 0 Å². The Morgan fingerprint density at radius 2 is 1.95 bits per heavy atom. The number of likely N-dealkylation sites (tertiary alicyclic amines) is 1. The molecule has 5 nitrogen and oxygen atoms in total. The number of hydrogen-bond acceptors (Lipinski definition) is 3. The van der Waals surface area contributed by atoms with Crippen molar-refractivity contribution in [1.29, 1.82) is 0 Å². The fraction of sp³-hybridized carbons (Fsp3) is 0.375. The van der Waals surface area contributed by atoms with Gasteiger partial charge < -0.3 is 10.0 Å². The van der Waals surface area contributed by atoms with Gasteiger partial charge in [0.15, 0.2) is 0 Å². The topological polar surface area (TPSA) is 69.2 Å². The molecule has 0 saturated carbocycles. The van der Waals surface area contributed by atoms with Crippen LogP contribution in [0.4, 0.5) is 0 Å². The van der Waals surface area contributed by atoms with Gasteiger partial charge in [0.1, 0.15) is 5.69 Å². The van der Waals surface area contributed by atoms with Gasteiger partial charge in [-0.3, -0.25) is 5.10 Å². The molecule has 2 aromatic rings. The molecule has 1 aliphatic heterocycles. The third-order valence-electron chi connectivity index (χ3n) is 4.20. The third kappa shape index (κ3) is 2.97. The van der Waals surface area contributed by atoms with Gasteiger partial charge in [0.05, 0.1) is 5.69 Å². The molecule has 1 saturated heterocycles. The Kier molecular flexibility index (Phi) is 3.75. The van der Waals surface area contributed by atoms with E-state index in [0.29, 0.717) is 11.6 Å². The highest BCUT2D eigenvalue weighted by Crippen LogP contribution is 2.29. The summed E-state index contributed by atoms with van der Waals surface area (Å²) < 4.78 is 0. The van der Waals surface area contributed by atoms with Crippen molar-refractivity contribution < 1.29 is 9.90 Å². The van der Waals surface area contributed by atoms with Crippen molar-refractivity contribution in [2.45, 2.75) is 18.8 Å². The fourth-order valence-electron chi connectivity index (χ4n) is 2.85. The van der Waals surface area contributed by atoms with E-state index in [1.165, 1.54) is 18.4 Å². The fourth-order valence-corrected chi connectivity index (χ4v) is 2.85. The van der Waals surface area contributed by atoms with E-state index in [-0.39, 0.29) is 5.69 Å². The van der Waals surface area contributed by atoms with Crippen LogP contribution in [0.15, 0.2) is 30.3 Å². The highest BCUT2D eigenvalue weighted by atomic mass is 16.4. The van der Waals surface area contributed by atoms with Crippen LogP contribution in [0.25, 0.3) is 11.3 Å². The van der Waals surface area contributed by atoms with Crippen LogP contribution < -0.4 is 0 Å². The molecule has 0 unspecified atom stereocenters. The first-order valence-electron chi connectivity index (χ1n) is 7.21. The summed E-state index contributed by atoms with van der Waals surface area (Å²) in [6.45, 7) is 2.29. The lowest BCUT2D eigenvalue weighted by atomic mass is 9.89. The van der Waals surface area contributed by atoms with E-state index in [0.717, 1.165) is 18.7 Å². The largest absolute Gasteiger partial charge is 0.477 e. The zero-order valence-corrected chi connectivity index (χ0v) is 12.0. The highest BCUT2D eigenvalue weighted by Gasteiger charge is 2.18. The third-order valence-corrected chi connectivity index (χ3v) is 4.20. The molecule has 0 aliphatic carbocycles. The van der Waals surface area contributed by atoms with Gasteiger partial charge in [0.2, 0.25) is 0 Å². The number of aromatic carboxylic acids is 1. The Morgan fingerprint density at radius 3 is 2.52 bits per heavy atom. The number of nitrogens with zero attached hydrogens (tertiary/aromatic N) is 2. The number of aromatic amines is 1. The van der Waals surface area contributed by atoms with Gasteiger partial charge in [0, 0.05) is 5.56 Å². The van der Waals surface area contributed by atoms with Crippen LogP contribution in [-0.4, -0.2) is 46.3 Å². The number of carbonyl (C=O) groups is 1. The zero-order chi connectivity index (χ0) is 14.8. The van der Waals surface area contributed by atoms with E-state index in [1.807, 2.05) is 12.1 Å². The molecule has 21 heavy (non-hydrogen) atoms. The number of piperidine rings is 1. The lowest BCUT2D eigenvalue weighted by Gasteiger charge is -2.29. The lowest BCUT2D eigenvalue weighted by Crippen LogP contribution is -2.29. The van der Waals surface area contributed by atoms with E-state index in [9.17, 15) is 4.79 Å². The van der Waals surface area contributed by atoms with Crippen molar-refractivity contribution in [1.82, 2.24) is 15.1 Å². The van der Waals surface area contributed by atoms with Crippen LogP contribution in [0.3, 0.4) is 0 Å². The second-order valence-corrected chi connectivity index (χ2v) is 5.67. The molecule has 1 aliphatic rings. The van der Waals surface area contributed by atoms with Gasteiger partial charge in [-0.1, -0.05) is 24.3 Å². The molecular weight excluding hydrogens is 266 g/mol. The van der Waals surface area contributed by atoms with Gasteiger partial charge in [-0.05, 0) is 50.5 Å². The SMILES string of the molecule is CN1CCC(c2ccc(-c3cc(C(=O)O)[nH]n3)cc2)CC1. The average Bonchev–Trinajstić information content (AvgIpc) is 2.98. The number of nitrogens with one attached hydrogen (secondary N) is 1. The van der Waals surface area contributed by atoms with Gasteiger partial charge in [-0.25, -0.2) is 4.79 Å². The minimum absolute atomic E-state index is 0.115. The van der Waals surface area contributed by atoms with E-state index in [1.54, 1.807) is 6.07 Å². The second-order valence-electron chi connectivity index (χ2n) is 5.67. The molecule has 110 valence electrons. The van der Waals surface area contributed by atoms with Gasteiger partial charge in [-0.2, -0.15) is 5.10 Å². The molecule has 2 N–H and O–H groups in total. The smallest absolute Gasteiger partial charge is 0.353 e. The number of carboxylic acid groups (broad SMARTS) is 1. The summed E-state index contributed by atoms with van der Waals surface area (Å²) in [6, 6.07) is 9.89. The van der Waals surface area contributed by atoms with Gasteiger partial charge in [0.25, 0.3) is 0 Å². The summed E-state index contributed by atoms with van der Waals surface area (Å²) in [4.78, 5) is 13.2. The molecule has 0 bridgehead atoms. The van der Waals surface area contributed by atoms with Crippen molar-refractivity contribution in [2.24, 2.45) is 0 Å². The van der Waals surface area contributed by atoms with Gasteiger partial charge >= 0.3 is 5.97 Å². The Morgan fingerprint density at radius 1 is 1.29 bits per heavy atom. The Bertz CT molecular complexity index is 625. The Labute approximate surface area is 123 Å². The number of benzene rings is 1. The van der Waals surface area contributed by atoms with Crippen molar-refractivity contribution in [3.8, 4) is 11.3 Å². The standard InChI is InChI=1S/C16H19N3O2/c1-19-8-6-12(7-9-19)11-2-4-13(5-3-11)14-10-15(16(20)21)18-17-14/h2-5,10,12H,6-9H2,1H3,(H,17,18)(H,20,21). The summed E-state index contributed by atoms with van der Waals surface area (Å²) in [7, 11) is 2.16. The summed E-state index contributed by atoms with van der Waals surface area (Å²) in [5.41, 5.74) is 3.09. The first-order valence-corrected chi connectivity index (χ1v) is 7.21. The van der Waals surface area contributed by atoms with Crippen molar-refractivity contribution in [3.05, 3.63) is 41.6 Å². The molecule has 1 fully saturated rings. The normalized spacial score (nSPS) is 17.0. The first kappa shape index (κ1) is 13.8. The lowest BCUT2D eigenvalue weighted by molar-refractivity contribution is 0.0690. The predicted molar refractivity (Wildman–Crippen MR) is 80.5 cm³/mol. The minimum atomic E-state index is -0.989. The maximum absolute atomic E-state index is 10.9. The molecular formula is C16H19N3O2. The van der Waals surface area contributed by atoms with E-state index < -0.39 is 5.97 Å². The number of carboxylic acids is 1. The monoisotopic (exact) mass is 285 g/mol. The molecule has 3 rings (SSSR count). The number of hydrogen-bond donors (Lipinski definition) is 2. The van der Waals surface area contributed by atoms with Crippen LogP contribution >= 0.6 is 0 Å². The number of aromatic nitrogens is 2. The molecule has 0 radical (unpaired) electrons. The van der Waals surface area contributed by atoms with Crippen molar-refractivity contribution in [2.75, 3.05) is 20.1 Å². The van der Waals surface area contributed by atoms with Crippen molar-refractivity contribution in [3.63, 3.8) is 0 Å². The summed E-state index contributed by atoms with van der Waals surface area (Å²) in [6.07, 6.45) is 2.39. The average molecular weight is 285 g/mol. The molecule has 0 atom stereocenters. The maximum atomic E-state index is 10.9. The van der Waals surface area contributed by atoms with Crippen LogP contribution in [-0.2, 0) is 0 Å². The molecule has 5 heteroatoms. The number of H-pyrrole nitrogens is 1. The zero-order valence-electron chi connectivity index (χ0n) is 12.0. The maximum Gasteiger partial charge on any atom is 0.353 e. The van der Waals surface area contributed by atoms with E-state index >= 15 is 0 Å². The summed E-state index contributed by atoms with van der Waals surface area (Å²) >= 11 is 0. The van der Waals surface area contributed by atoms with Gasteiger partial charge in [-0.15, -0.1) is 0 Å². The van der Waals surface area contributed by atoms with E-state index in [2.05, 4.69) is 34.3 Å². The molecule has 0 amide bonds. The number of rotatable bonds is 3. The quantitative estimate of drug-likeness (QED) is 0.909. The highest BCUT2D eigenvalue weighted by molar-refractivity contribution is 5.86. The van der Waals surface area contributed by atoms with E-state index in [4.69, 9.17) is 5.11 Å². The summed E-state index contributed by atoms with van der Waals surface area (Å²) in [5, 5.41) is 15.5. The first-order chi connectivity index (χ1) is 10.1. The molecule has 2 heterocycles. The Hall–Kier alpha value is -2.14. The second kappa shape index (κ2) is 5.69. The van der Waals surface area contributed by atoms with Crippen LogP contribution in [0, 0.1) is 0 Å². The van der Waals surface area contributed by atoms with Crippen LogP contribution in [0.1, 0.15) is 34.8 Å². The van der Waals surface area contributed by atoms with Crippen LogP contribution in [0.2, 0.25) is 0 Å². The molecule has 1 aromatic carbocycles. The molecule has 0 spiro atoms. The Balaban J connectivity index is 1.75. The minimum Gasteiger partial charge on any atom is -0.477 e. The van der Waals surface area contributed by atoms with Crippen molar-refractivity contribution >= 4 is 5.97 Å².